The molecule has 0 spiro atoms. The summed E-state index contributed by atoms with van der Waals surface area (Å²) >= 11 is 0. The minimum absolute atomic E-state index is 0.962. The lowest BCUT2D eigenvalue weighted by atomic mass is 10.00. The van der Waals surface area contributed by atoms with Gasteiger partial charge in [0.2, 0.25) is 0 Å². The molecule has 1 heteroatoms. The monoisotopic (exact) mass is 267 g/mol. The maximum Gasteiger partial charge on any atom is 0.0210 e. The van der Waals surface area contributed by atoms with Gasteiger partial charge in [-0.3, -0.25) is 0 Å². The lowest BCUT2D eigenvalue weighted by Gasteiger charge is -2.13. The van der Waals surface area contributed by atoms with E-state index >= 15 is 0 Å². The van der Waals surface area contributed by atoms with Gasteiger partial charge in [-0.1, -0.05) is 42.0 Å². The van der Waals surface area contributed by atoms with Gasteiger partial charge >= 0.3 is 0 Å². The highest BCUT2D eigenvalue weighted by Gasteiger charge is 2.03. The molecule has 0 aliphatic rings. The average Bonchev–Trinajstić information content (AvgIpc) is 2.38. The van der Waals surface area contributed by atoms with Gasteiger partial charge in [0.25, 0.3) is 0 Å². The van der Waals surface area contributed by atoms with Gasteiger partial charge in [0, 0.05) is 6.54 Å². The van der Waals surface area contributed by atoms with Crippen LogP contribution in [-0.2, 0) is 13.0 Å². The Bertz CT molecular complexity index is 561. The Morgan fingerprint density at radius 3 is 2.15 bits per heavy atom. The molecule has 1 nitrogen and oxygen atoms in total. The molecular weight excluding hydrogens is 242 g/mol. The Kier molecular flexibility index (Phi) is 4.97. The third kappa shape index (κ3) is 3.71. The Morgan fingerprint density at radius 1 is 0.850 bits per heavy atom. The fraction of sp³-hybridized carbons (Fsp3) is 0.368. The average molecular weight is 267 g/mol. The normalized spacial score (nSPS) is 10.8. The van der Waals surface area contributed by atoms with Crippen molar-refractivity contribution >= 4 is 0 Å². The van der Waals surface area contributed by atoms with E-state index in [-0.39, 0.29) is 0 Å². The molecule has 0 heterocycles. The van der Waals surface area contributed by atoms with Crippen molar-refractivity contribution in [1.82, 2.24) is 5.32 Å². The number of nitrogens with one attached hydrogen (secondary N) is 1. The van der Waals surface area contributed by atoms with Gasteiger partial charge in [0.05, 0.1) is 0 Å². The van der Waals surface area contributed by atoms with Crippen molar-refractivity contribution in [1.29, 1.82) is 0 Å². The van der Waals surface area contributed by atoms with Gasteiger partial charge in [-0.25, -0.2) is 0 Å². The first-order chi connectivity index (χ1) is 9.58. The maximum absolute atomic E-state index is 3.58. The zero-order valence-electron chi connectivity index (χ0n) is 13.1. The molecule has 0 radical (unpaired) electrons. The van der Waals surface area contributed by atoms with Gasteiger partial charge in [-0.05, 0) is 68.5 Å². The van der Waals surface area contributed by atoms with E-state index in [2.05, 4.69) is 69.4 Å². The molecule has 0 fully saturated rings. The van der Waals surface area contributed by atoms with Crippen LogP contribution >= 0.6 is 0 Å². The molecule has 2 rings (SSSR count). The largest absolute Gasteiger partial charge is 0.312 e. The van der Waals surface area contributed by atoms with E-state index in [0.29, 0.717) is 0 Å². The lowest BCUT2D eigenvalue weighted by Crippen LogP contribution is -2.18. The summed E-state index contributed by atoms with van der Waals surface area (Å²) in [7, 11) is 0. The zero-order chi connectivity index (χ0) is 14.5. The summed E-state index contributed by atoms with van der Waals surface area (Å²) in [6, 6.07) is 13.2. The topological polar surface area (TPSA) is 12.0 Å². The summed E-state index contributed by atoms with van der Waals surface area (Å²) in [6.07, 6.45) is 1.09. The Hall–Kier alpha value is -1.60. The molecule has 0 amide bonds. The van der Waals surface area contributed by atoms with E-state index in [0.717, 1.165) is 19.5 Å². The van der Waals surface area contributed by atoms with Crippen molar-refractivity contribution in [3.05, 3.63) is 69.8 Å². The Labute approximate surface area is 123 Å². The second-order valence-electron chi connectivity index (χ2n) is 5.73. The summed E-state index contributed by atoms with van der Waals surface area (Å²) in [6.45, 7) is 10.7. The minimum atomic E-state index is 0.962. The highest BCUT2D eigenvalue weighted by molar-refractivity contribution is 5.37. The molecule has 0 saturated heterocycles. The third-order valence-electron chi connectivity index (χ3n) is 3.97. The Morgan fingerprint density at radius 2 is 1.50 bits per heavy atom. The molecule has 0 unspecified atom stereocenters. The molecule has 2 aromatic carbocycles. The summed E-state index contributed by atoms with van der Waals surface area (Å²) in [5, 5.41) is 3.58. The first kappa shape index (κ1) is 14.8. The maximum atomic E-state index is 3.58. The van der Waals surface area contributed by atoms with Crippen molar-refractivity contribution in [2.45, 2.75) is 40.7 Å². The van der Waals surface area contributed by atoms with Gasteiger partial charge in [0.1, 0.15) is 0 Å². The van der Waals surface area contributed by atoms with Crippen LogP contribution in [-0.4, -0.2) is 6.54 Å². The van der Waals surface area contributed by atoms with Crippen molar-refractivity contribution in [3.8, 4) is 0 Å². The first-order valence-corrected chi connectivity index (χ1v) is 7.40. The molecule has 0 aliphatic heterocycles. The number of hydrogen-bond donors (Lipinski definition) is 1. The summed E-state index contributed by atoms with van der Waals surface area (Å²) in [5.74, 6) is 0. The van der Waals surface area contributed by atoms with Gasteiger partial charge < -0.3 is 5.32 Å². The van der Waals surface area contributed by atoms with E-state index < -0.39 is 0 Å². The van der Waals surface area contributed by atoms with E-state index in [1.165, 1.54) is 33.4 Å². The summed E-state index contributed by atoms with van der Waals surface area (Å²) < 4.78 is 0. The van der Waals surface area contributed by atoms with Crippen molar-refractivity contribution < 1.29 is 0 Å². The highest BCUT2D eigenvalue weighted by Crippen LogP contribution is 2.16. The second kappa shape index (κ2) is 6.71. The molecule has 0 aliphatic carbocycles. The van der Waals surface area contributed by atoms with Crippen LogP contribution in [0.3, 0.4) is 0 Å². The quantitative estimate of drug-likeness (QED) is 0.798. The fourth-order valence-electron chi connectivity index (χ4n) is 2.82. The number of benzene rings is 2. The highest BCUT2D eigenvalue weighted by atomic mass is 14.8. The smallest absolute Gasteiger partial charge is 0.0210 e. The van der Waals surface area contributed by atoms with E-state index in [9.17, 15) is 0 Å². The predicted molar refractivity (Wildman–Crippen MR) is 87.2 cm³/mol. The number of hydrogen-bond acceptors (Lipinski definition) is 1. The van der Waals surface area contributed by atoms with Crippen molar-refractivity contribution in [2.75, 3.05) is 6.54 Å². The van der Waals surface area contributed by atoms with Gasteiger partial charge in [-0.15, -0.1) is 0 Å². The van der Waals surface area contributed by atoms with Gasteiger partial charge in [0.15, 0.2) is 0 Å². The van der Waals surface area contributed by atoms with Crippen LogP contribution in [0.15, 0.2) is 36.4 Å². The molecule has 20 heavy (non-hydrogen) atoms. The summed E-state index contributed by atoms with van der Waals surface area (Å²) in [5.41, 5.74) is 8.41. The van der Waals surface area contributed by atoms with E-state index in [4.69, 9.17) is 0 Å². The van der Waals surface area contributed by atoms with Crippen LogP contribution in [0, 0.1) is 27.7 Å². The lowest BCUT2D eigenvalue weighted by molar-refractivity contribution is 0.680. The van der Waals surface area contributed by atoms with Crippen LogP contribution in [0.2, 0.25) is 0 Å². The van der Waals surface area contributed by atoms with E-state index in [1.54, 1.807) is 0 Å². The minimum Gasteiger partial charge on any atom is -0.312 e. The first-order valence-electron chi connectivity index (χ1n) is 7.40. The fourth-order valence-corrected chi connectivity index (χ4v) is 2.82. The molecule has 106 valence electrons. The standard InChI is InChI=1S/C19H25N/c1-14-11-16(3)19(17(4)12-14)13-20-10-9-18-8-6-5-7-15(18)2/h5-8,11-12,20H,9-10,13H2,1-4H3. The molecule has 0 bridgehead atoms. The van der Waals surface area contributed by atoms with E-state index in [1.807, 2.05) is 0 Å². The van der Waals surface area contributed by atoms with Crippen molar-refractivity contribution in [2.24, 2.45) is 0 Å². The molecule has 0 saturated carbocycles. The molecule has 2 aromatic rings. The van der Waals surface area contributed by atoms with Crippen LogP contribution < -0.4 is 5.32 Å². The Balaban J connectivity index is 1.90. The number of aryl methyl sites for hydroxylation is 4. The SMILES string of the molecule is Cc1cc(C)c(CNCCc2ccccc2C)c(C)c1. The molecule has 1 N–H and O–H groups in total. The van der Waals surface area contributed by atoms with Crippen LogP contribution in [0.25, 0.3) is 0 Å². The van der Waals surface area contributed by atoms with Crippen molar-refractivity contribution in [3.63, 3.8) is 0 Å². The third-order valence-corrected chi connectivity index (χ3v) is 3.97. The summed E-state index contributed by atoms with van der Waals surface area (Å²) in [4.78, 5) is 0. The molecule has 0 atom stereocenters. The zero-order valence-corrected chi connectivity index (χ0v) is 13.1. The van der Waals surface area contributed by atoms with Crippen LogP contribution in [0.1, 0.15) is 33.4 Å². The van der Waals surface area contributed by atoms with Crippen LogP contribution in [0.4, 0.5) is 0 Å². The van der Waals surface area contributed by atoms with Gasteiger partial charge in [-0.2, -0.15) is 0 Å². The predicted octanol–water partition coefficient (Wildman–Crippen LogP) is 4.25. The molecular formula is C19H25N. The number of rotatable bonds is 5. The second-order valence-corrected chi connectivity index (χ2v) is 5.73. The van der Waals surface area contributed by atoms with Crippen LogP contribution in [0.5, 0.6) is 0 Å². The molecule has 0 aromatic heterocycles.